The maximum absolute atomic E-state index is 12.9. The molecule has 3 fully saturated rings. The summed E-state index contributed by atoms with van der Waals surface area (Å²) in [5.41, 5.74) is 0.499. The van der Waals surface area contributed by atoms with Gasteiger partial charge in [-0.3, -0.25) is 19.3 Å². The van der Waals surface area contributed by atoms with Crippen LogP contribution in [0, 0.1) is 23.7 Å². The number of carbonyl (C=O) groups is 3. The molecule has 9 heteroatoms. The average Bonchev–Trinajstić information content (AvgIpc) is 3.30. The number of alkyl halides is 2. The van der Waals surface area contributed by atoms with Crippen molar-refractivity contribution in [3.05, 3.63) is 28.2 Å². The van der Waals surface area contributed by atoms with Crippen molar-refractivity contribution < 1.29 is 14.4 Å². The van der Waals surface area contributed by atoms with E-state index in [4.69, 9.17) is 23.2 Å². The number of nitrogens with zero attached hydrogens (tertiary/aromatic N) is 1. The minimum Gasteiger partial charge on any atom is -0.325 e. The van der Waals surface area contributed by atoms with Gasteiger partial charge in [0.15, 0.2) is 0 Å². The van der Waals surface area contributed by atoms with Crippen LogP contribution >= 0.6 is 55.1 Å². The molecule has 0 radical (unpaired) electrons. The zero-order chi connectivity index (χ0) is 21.6. The molecule has 1 aromatic carbocycles. The number of carbonyl (C=O) groups excluding carboxylic acids is 3. The van der Waals surface area contributed by atoms with Crippen LogP contribution in [0.5, 0.6) is 0 Å². The Morgan fingerprint density at radius 2 is 1.67 bits per heavy atom. The Hall–Kier alpha value is -0.630. The van der Waals surface area contributed by atoms with E-state index in [1.54, 1.807) is 18.2 Å². The molecule has 1 aromatic rings. The van der Waals surface area contributed by atoms with E-state index in [1.807, 2.05) is 0 Å². The molecule has 1 N–H and O–H groups in total. The molecular weight excluding hydrogens is 559 g/mol. The third-order valence-electron chi connectivity index (χ3n) is 6.57. The fourth-order valence-corrected chi connectivity index (χ4v) is 7.38. The van der Waals surface area contributed by atoms with E-state index in [0.717, 1.165) is 12.8 Å². The summed E-state index contributed by atoms with van der Waals surface area (Å²) in [4.78, 5) is 39.8. The van der Waals surface area contributed by atoms with Crippen LogP contribution in [0.25, 0.3) is 0 Å². The van der Waals surface area contributed by atoms with Gasteiger partial charge in [-0.25, -0.2) is 0 Å². The topological polar surface area (TPSA) is 66.5 Å². The van der Waals surface area contributed by atoms with Crippen LogP contribution in [0.3, 0.4) is 0 Å². The minimum absolute atomic E-state index is 0.00492. The predicted octanol–water partition coefficient (Wildman–Crippen LogP) is 5.27. The number of hydrogen-bond acceptors (Lipinski definition) is 3. The first-order valence-electron chi connectivity index (χ1n) is 10.2. The first-order chi connectivity index (χ1) is 14.3. The Labute approximate surface area is 202 Å². The van der Waals surface area contributed by atoms with Crippen molar-refractivity contribution in [2.45, 2.75) is 41.8 Å². The number of amides is 3. The van der Waals surface area contributed by atoms with Crippen LogP contribution < -0.4 is 5.32 Å². The van der Waals surface area contributed by atoms with Gasteiger partial charge in [-0.05, 0) is 49.3 Å². The first kappa shape index (κ1) is 22.6. The predicted molar refractivity (Wildman–Crippen MR) is 124 cm³/mol. The number of hydrogen-bond donors (Lipinski definition) is 1. The molecule has 30 heavy (non-hydrogen) atoms. The second-order valence-electron chi connectivity index (χ2n) is 8.31. The molecule has 0 spiro atoms. The normalized spacial score (nSPS) is 32.1. The van der Waals surface area contributed by atoms with Gasteiger partial charge in [0.1, 0.15) is 0 Å². The van der Waals surface area contributed by atoms with Crippen molar-refractivity contribution >= 4 is 78.5 Å². The Morgan fingerprint density at radius 1 is 1.03 bits per heavy atom. The highest BCUT2D eigenvalue weighted by Gasteiger charge is 2.66. The molecule has 1 aliphatic heterocycles. The summed E-state index contributed by atoms with van der Waals surface area (Å²) < 4.78 is 0. The van der Waals surface area contributed by atoms with Gasteiger partial charge in [0, 0.05) is 27.6 Å². The van der Waals surface area contributed by atoms with E-state index in [9.17, 15) is 14.4 Å². The van der Waals surface area contributed by atoms with Crippen molar-refractivity contribution in [2.24, 2.45) is 23.7 Å². The number of likely N-dealkylation sites (tertiary alicyclic amines) is 1. The number of benzene rings is 1. The molecule has 3 aliphatic rings. The second kappa shape index (κ2) is 9.08. The molecule has 4 rings (SSSR count). The summed E-state index contributed by atoms with van der Waals surface area (Å²) in [6.45, 7) is 0.436. The van der Waals surface area contributed by atoms with Crippen LogP contribution in [-0.2, 0) is 14.4 Å². The summed E-state index contributed by atoms with van der Waals surface area (Å²) in [5, 5.41) is 3.71. The van der Waals surface area contributed by atoms with Crippen LogP contribution in [0.2, 0.25) is 10.0 Å². The highest BCUT2D eigenvalue weighted by atomic mass is 79.9. The lowest BCUT2D eigenvalue weighted by Gasteiger charge is -2.28. The third-order valence-corrected chi connectivity index (χ3v) is 10.3. The Kier molecular flexibility index (Phi) is 6.83. The highest BCUT2D eigenvalue weighted by Crippen LogP contribution is 2.60. The standard InChI is InChI=1S/C21H22Br2Cl2N2O3/c22-18-11-9-12(19(18)23)17-16(11)20(29)27(21(17)30)7-3-1-2-4-15(28)26-14-8-10(24)5-6-13(14)25/h5-6,8,11-12,16-19H,1-4,7,9H2,(H,26,28). The van der Waals surface area contributed by atoms with Gasteiger partial charge in [-0.15, -0.1) is 0 Å². The molecule has 2 saturated carbocycles. The van der Waals surface area contributed by atoms with Crippen molar-refractivity contribution in [1.29, 1.82) is 0 Å². The fraction of sp³-hybridized carbons (Fsp3) is 0.571. The van der Waals surface area contributed by atoms with Crippen LogP contribution in [-0.4, -0.2) is 38.8 Å². The molecule has 1 heterocycles. The number of halogens is 4. The van der Waals surface area contributed by atoms with Gasteiger partial charge < -0.3 is 5.32 Å². The second-order valence-corrected chi connectivity index (χ2v) is 11.3. The Balaban J connectivity index is 1.22. The number of rotatable bonds is 7. The van der Waals surface area contributed by atoms with Gasteiger partial charge in [0.2, 0.25) is 17.7 Å². The summed E-state index contributed by atoms with van der Waals surface area (Å²) >= 11 is 19.4. The average molecular weight is 581 g/mol. The smallest absolute Gasteiger partial charge is 0.233 e. The molecule has 0 aromatic heterocycles. The third kappa shape index (κ3) is 4.07. The molecule has 2 bridgehead atoms. The van der Waals surface area contributed by atoms with Crippen molar-refractivity contribution in [3.8, 4) is 0 Å². The zero-order valence-electron chi connectivity index (χ0n) is 16.1. The maximum atomic E-state index is 12.9. The largest absolute Gasteiger partial charge is 0.325 e. The number of unbranched alkanes of at least 4 members (excludes halogenated alkanes) is 2. The quantitative estimate of drug-likeness (QED) is 0.271. The fourth-order valence-electron chi connectivity index (χ4n) is 5.17. The van der Waals surface area contributed by atoms with Crippen LogP contribution in [0.1, 0.15) is 32.1 Å². The van der Waals surface area contributed by atoms with Crippen molar-refractivity contribution in [1.82, 2.24) is 4.90 Å². The summed E-state index contributed by atoms with van der Waals surface area (Å²) in [6, 6.07) is 4.92. The van der Waals surface area contributed by atoms with Gasteiger partial charge in [0.25, 0.3) is 0 Å². The lowest BCUT2D eigenvalue weighted by Crippen LogP contribution is -2.37. The lowest BCUT2D eigenvalue weighted by molar-refractivity contribution is -0.140. The molecule has 162 valence electrons. The van der Waals surface area contributed by atoms with E-state index >= 15 is 0 Å². The molecule has 1 saturated heterocycles. The van der Waals surface area contributed by atoms with Gasteiger partial charge in [-0.2, -0.15) is 0 Å². The molecule has 5 nitrogen and oxygen atoms in total. The number of nitrogens with one attached hydrogen (secondary N) is 1. The molecule has 6 atom stereocenters. The molecular formula is C21H22Br2Cl2N2O3. The Bertz CT molecular complexity index is 852. The molecule has 2 aliphatic carbocycles. The Morgan fingerprint density at radius 3 is 2.30 bits per heavy atom. The van der Waals surface area contributed by atoms with Crippen molar-refractivity contribution in [2.75, 3.05) is 11.9 Å². The van der Waals surface area contributed by atoms with E-state index < -0.39 is 0 Å². The van der Waals surface area contributed by atoms with Crippen LogP contribution in [0.15, 0.2) is 18.2 Å². The molecule has 3 amide bonds. The summed E-state index contributed by atoms with van der Waals surface area (Å²) in [6.07, 6.45) is 3.42. The monoisotopic (exact) mass is 578 g/mol. The molecule has 6 unspecified atom stereocenters. The summed E-state index contributed by atoms with van der Waals surface area (Å²) in [5.74, 6) is 0.0261. The zero-order valence-corrected chi connectivity index (χ0v) is 20.8. The number of fused-ring (bicyclic) bond motifs is 5. The van der Waals surface area contributed by atoms with E-state index in [-0.39, 0.29) is 51.0 Å². The van der Waals surface area contributed by atoms with Crippen LogP contribution in [0.4, 0.5) is 5.69 Å². The van der Waals surface area contributed by atoms with Gasteiger partial charge in [0.05, 0.1) is 22.5 Å². The number of anilines is 1. The maximum Gasteiger partial charge on any atom is 0.233 e. The van der Waals surface area contributed by atoms with Crippen molar-refractivity contribution in [3.63, 3.8) is 0 Å². The van der Waals surface area contributed by atoms with E-state index in [1.165, 1.54) is 4.90 Å². The number of imide groups is 1. The van der Waals surface area contributed by atoms with Gasteiger partial charge >= 0.3 is 0 Å². The van der Waals surface area contributed by atoms with E-state index in [0.29, 0.717) is 41.5 Å². The summed E-state index contributed by atoms with van der Waals surface area (Å²) in [7, 11) is 0. The van der Waals surface area contributed by atoms with Gasteiger partial charge in [-0.1, -0.05) is 61.5 Å². The minimum atomic E-state index is -0.158. The lowest BCUT2D eigenvalue weighted by atomic mass is 9.81. The van der Waals surface area contributed by atoms with E-state index in [2.05, 4.69) is 37.2 Å². The first-order valence-corrected chi connectivity index (χ1v) is 12.8. The SMILES string of the molecule is O=C(CCCCCN1C(=O)C2C3CC(C(Br)C3Br)C2C1=O)Nc1cc(Cl)ccc1Cl. The highest BCUT2D eigenvalue weighted by molar-refractivity contribution is 9.12.